The molecule has 0 amide bonds. The van der Waals surface area contributed by atoms with Gasteiger partial charge >= 0.3 is 0 Å². The van der Waals surface area contributed by atoms with Crippen LogP contribution in [-0.2, 0) is 0 Å². The Labute approximate surface area is 144 Å². The monoisotopic (exact) mass is 327 g/mol. The molecule has 1 heterocycles. The van der Waals surface area contributed by atoms with Gasteiger partial charge in [-0.2, -0.15) is 0 Å². The van der Waals surface area contributed by atoms with E-state index in [1.165, 1.54) is 4.57 Å². The first kappa shape index (κ1) is 15.3. The van der Waals surface area contributed by atoms with Crippen LogP contribution in [0.5, 0.6) is 0 Å². The zero-order valence-electron chi connectivity index (χ0n) is 14.1. The maximum Gasteiger partial charge on any atom is 0.265 e. The molecular formula is C22H17NO2. The lowest BCUT2D eigenvalue weighted by Gasteiger charge is -2.06. The molecule has 0 bridgehead atoms. The number of aryl methyl sites for hydroxylation is 2. The van der Waals surface area contributed by atoms with Crippen molar-refractivity contribution in [1.29, 1.82) is 0 Å². The van der Waals surface area contributed by atoms with Crippen LogP contribution in [0.1, 0.15) is 11.1 Å². The minimum Gasteiger partial charge on any atom is -0.268 e. The number of hydrogen-bond acceptors (Lipinski definition) is 2. The highest BCUT2D eigenvalue weighted by atomic mass is 16.2. The number of aromatic nitrogens is 1. The molecule has 0 spiro atoms. The third kappa shape index (κ3) is 2.45. The van der Waals surface area contributed by atoms with E-state index in [0.29, 0.717) is 16.5 Å². The molecule has 0 aliphatic heterocycles. The molecule has 0 fully saturated rings. The Bertz CT molecular complexity index is 1160. The first-order chi connectivity index (χ1) is 12.1. The molecule has 0 saturated heterocycles. The average Bonchev–Trinajstić information content (AvgIpc) is 2.69. The molecule has 3 aromatic carbocycles. The predicted octanol–water partition coefficient (Wildman–Crippen LogP) is 4.12. The van der Waals surface area contributed by atoms with E-state index < -0.39 is 0 Å². The molecule has 0 atom stereocenters. The molecule has 0 N–H and O–H groups in total. The Morgan fingerprint density at radius 3 is 1.44 bits per heavy atom. The lowest BCUT2D eigenvalue weighted by Crippen LogP contribution is -2.28. The standard InChI is InChI=1S/C22H17NO2/c1-14-11-15(2)13-16(12-14)23-21(24)19-9-5-3-7-17(19)18-8-4-6-10-20(18)22(23)25/h3-13H,1-2H3. The molecule has 0 aliphatic carbocycles. The van der Waals surface area contributed by atoms with Crippen molar-refractivity contribution >= 4 is 21.5 Å². The molecule has 25 heavy (non-hydrogen) atoms. The first-order valence-electron chi connectivity index (χ1n) is 8.22. The van der Waals surface area contributed by atoms with Crippen LogP contribution in [0.15, 0.2) is 76.3 Å². The van der Waals surface area contributed by atoms with Gasteiger partial charge in [-0.3, -0.25) is 9.59 Å². The summed E-state index contributed by atoms with van der Waals surface area (Å²) in [6, 6.07) is 20.6. The summed E-state index contributed by atoms with van der Waals surface area (Å²) in [5.74, 6) is 0. The van der Waals surface area contributed by atoms with Gasteiger partial charge in [0.15, 0.2) is 0 Å². The fourth-order valence-corrected chi connectivity index (χ4v) is 3.46. The molecule has 4 aromatic rings. The second-order valence-corrected chi connectivity index (χ2v) is 6.38. The molecular weight excluding hydrogens is 310 g/mol. The summed E-state index contributed by atoms with van der Waals surface area (Å²) in [4.78, 5) is 26.5. The van der Waals surface area contributed by atoms with Crippen molar-refractivity contribution in [2.45, 2.75) is 13.8 Å². The van der Waals surface area contributed by atoms with Crippen LogP contribution in [0, 0.1) is 13.8 Å². The summed E-state index contributed by atoms with van der Waals surface area (Å²) < 4.78 is 1.30. The van der Waals surface area contributed by atoms with Crippen LogP contribution in [0.25, 0.3) is 27.2 Å². The van der Waals surface area contributed by atoms with Gasteiger partial charge in [-0.25, -0.2) is 4.57 Å². The smallest absolute Gasteiger partial charge is 0.265 e. The van der Waals surface area contributed by atoms with Crippen molar-refractivity contribution in [3.63, 3.8) is 0 Å². The zero-order chi connectivity index (χ0) is 17.6. The molecule has 0 unspecified atom stereocenters. The van der Waals surface area contributed by atoms with Crippen molar-refractivity contribution in [2.24, 2.45) is 0 Å². The van der Waals surface area contributed by atoms with Gasteiger partial charge in [0.2, 0.25) is 0 Å². The Morgan fingerprint density at radius 1 is 0.600 bits per heavy atom. The minimum absolute atomic E-state index is 0.290. The molecule has 0 aliphatic rings. The van der Waals surface area contributed by atoms with Crippen LogP contribution in [0.2, 0.25) is 0 Å². The van der Waals surface area contributed by atoms with Crippen LogP contribution >= 0.6 is 0 Å². The summed E-state index contributed by atoms with van der Waals surface area (Å²) in [5, 5.41) is 2.67. The van der Waals surface area contributed by atoms with Gasteiger partial charge in [0.05, 0.1) is 5.69 Å². The topological polar surface area (TPSA) is 39.1 Å². The van der Waals surface area contributed by atoms with Crippen molar-refractivity contribution < 1.29 is 0 Å². The van der Waals surface area contributed by atoms with Crippen LogP contribution in [0.3, 0.4) is 0 Å². The highest BCUT2D eigenvalue weighted by Crippen LogP contribution is 2.20. The van der Waals surface area contributed by atoms with Gasteiger partial charge in [0.25, 0.3) is 11.1 Å². The molecule has 122 valence electrons. The summed E-state index contributed by atoms with van der Waals surface area (Å²) in [6.45, 7) is 3.93. The molecule has 4 rings (SSSR count). The third-order valence-corrected chi connectivity index (χ3v) is 4.48. The van der Waals surface area contributed by atoms with Crippen molar-refractivity contribution in [2.75, 3.05) is 0 Å². The number of benzene rings is 3. The maximum absolute atomic E-state index is 13.2. The summed E-state index contributed by atoms with van der Waals surface area (Å²) in [6.07, 6.45) is 0. The quantitative estimate of drug-likeness (QED) is 0.527. The second kappa shape index (κ2) is 5.71. The number of nitrogens with zero attached hydrogens (tertiary/aromatic N) is 1. The molecule has 0 saturated carbocycles. The van der Waals surface area contributed by atoms with Gasteiger partial charge in [0, 0.05) is 10.8 Å². The van der Waals surface area contributed by atoms with Crippen molar-refractivity contribution in [3.8, 4) is 5.69 Å². The van der Waals surface area contributed by atoms with Gasteiger partial charge in [-0.05, 0) is 60.0 Å². The van der Waals surface area contributed by atoms with Crippen LogP contribution in [0.4, 0.5) is 0 Å². The predicted molar refractivity (Wildman–Crippen MR) is 103 cm³/mol. The number of fused-ring (bicyclic) bond motifs is 3. The summed E-state index contributed by atoms with van der Waals surface area (Å²) >= 11 is 0. The van der Waals surface area contributed by atoms with E-state index >= 15 is 0 Å². The number of rotatable bonds is 1. The maximum atomic E-state index is 13.2. The molecule has 1 aromatic heterocycles. The van der Waals surface area contributed by atoms with Gasteiger partial charge < -0.3 is 0 Å². The van der Waals surface area contributed by atoms with E-state index in [2.05, 4.69) is 0 Å². The van der Waals surface area contributed by atoms with E-state index in [1.807, 2.05) is 68.4 Å². The third-order valence-electron chi connectivity index (χ3n) is 4.48. The molecule has 3 nitrogen and oxygen atoms in total. The SMILES string of the molecule is Cc1cc(C)cc(-n2c(=O)c3ccccc3c3ccccc3c2=O)c1. The lowest BCUT2D eigenvalue weighted by atomic mass is 10.1. The Balaban J connectivity index is 2.33. The Hall–Kier alpha value is -3.20. The largest absolute Gasteiger partial charge is 0.268 e. The molecule has 0 radical (unpaired) electrons. The second-order valence-electron chi connectivity index (χ2n) is 6.38. The molecule has 3 heteroatoms. The van der Waals surface area contributed by atoms with Gasteiger partial charge in [0.1, 0.15) is 0 Å². The van der Waals surface area contributed by atoms with E-state index in [-0.39, 0.29) is 11.1 Å². The van der Waals surface area contributed by atoms with E-state index in [0.717, 1.165) is 21.9 Å². The van der Waals surface area contributed by atoms with Crippen molar-refractivity contribution in [3.05, 3.63) is 98.6 Å². The fraction of sp³-hybridized carbons (Fsp3) is 0.0909. The lowest BCUT2D eigenvalue weighted by molar-refractivity contribution is 0.970. The normalized spacial score (nSPS) is 11.1. The van der Waals surface area contributed by atoms with Gasteiger partial charge in [-0.1, -0.05) is 42.5 Å². The number of hydrogen-bond donors (Lipinski definition) is 0. The summed E-state index contributed by atoms with van der Waals surface area (Å²) in [5.41, 5.74) is 2.06. The Morgan fingerprint density at radius 2 is 1.00 bits per heavy atom. The first-order valence-corrected chi connectivity index (χ1v) is 8.22. The fourth-order valence-electron chi connectivity index (χ4n) is 3.46. The minimum atomic E-state index is -0.290. The van der Waals surface area contributed by atoms with E-state index in [9.17, 15) is 9.59 Å². The van der Waals surface area contributed by atoms with Crippen molar-refractivity contribution in [1.82, 2.24) is 4.57 Å². The highest BCUT2D eigenvalue weighted by molar-refractivity contribution is 6.05. The summed E-state index contributed by atoms with van der Waals surface area (Å²) in [7, 11) is 0. The van der Waals surface area contributed by atoms with E-state index in [1.54, 1.807) is 12.1 Å². The van der Waals surface area contributed by atoms with Gasteiger partial charge in [-0.15, -0.1) is 0 Å². The highest BCUT2D eigenvalue weighted by Gasteiger charge is 2.12. The van der Waals surface area contributed by atoms with Crippen LogP contribution in [-0.4, -0.2) is 4.57 Å². The zero-order valence-corrected chi connectivity index (χ0v) is 14.1. The van der Waals surface area contributed by atoms with E-state index in [4.69, 9.17) is 0 Å². The Kier molecular flexibility index (Phi) is 3.50. The average molecular weight is 327 g/mol. The van der Waals surface area contributed by atoms with Crippen LogP contribution < -0.4 is 11.1 Å².